The number of nitrogens with zero attached hydrogens (tertiary/aromatic N) is 2. The van der Waals surface area contributed by atoms with Gasteiger partial charge < -0.3 is 15.7 Å². The quantitative estimate of drug-likeness (QED) is 0.778. The van der Waals surface area contributed by atoms with Crippen molar-refractivity contribution in [2.45, 2.75) is 12.8 Å². The third-order valence-electron chi connectivity index (χ3n) is 3.21. The van der Waals surface area contributed by atoms with Crippen LogP contribution in [0.3, 0.4) is 0 Å². The second-order valence-electron chi connectivity index (χ2n) is 4.36. The lowest BCUT2D eigenvalue weighted by molar-refractivity contribution is -0.123. The first kappa shape index (κ1) is 12.3. The number of hydrogen-bond donors (Lipinski definition) is 2. The van der Waals surface area contributed by atoms with E-state index in [1.165, 1.54) is 18.5 Å². The molecule has 1 fully saturated rings. The number of hydrogen-bond acceptors (Lipinski definition) is 4. The fourth-order valence-electron chi connectivity index (χ4n) is 2.10. The minimum Gasteiger partial charge on any atom is -0.505 e. The summed E-state index contributed by atoms with van der Waals surface area (Å²) in [5.74, 6) is -0.828. The zero-order valence-electron chi connectivity index (χ0n) is 9.87. The van der Waals surface area contributed by atoms with Crippen LogP contribution < -0.4 is 5.73 Å². The van der Waals surface area contributed by atoms with Gasteiger partial charge in [-0.3, -0.25) is 14.6 Å². The molecule has 2 heterocycles. The van der Waals surface area contributed by atoms with Crippen molar-refractivity contribution in [3.63, 3.8) is 0 Å². The SMILES string of the molecule is NC(=O)C1CCN(C(=O)c2ccncc2O)CC1. The van der Waals surface area contributed by atoms with Crippen LogP contribution in [0.5, 0.6) is 5.75 Å². The molecule has 2 rings (SSSR count). The van der Waals surface area contributed by atoms with E-state index in [2.05, 4.69) is 4.98 Å². The van der Waals surface area contributed by atoms with Crippen molar-refractivity contribution >= 4 is 11.8 Å². The summed E-state index contributed by atoms with van der Waals surface area (Å²) in [4.78, 5) is 28.5. The Bertz CT molecular complexity index is 467. The van der Waals surface area contributed by atoms with Crippen molar-refractivity contribution in [2.75, 3.05) is 13.1 Å². The molecule has 0 aliphatic carbocycles. The topological polar surface area (TPSA) is 96.5 Å². The van der Waals surface area contributed by atoms with E-state index in [1.54, 1.807) is 4.90 Å². The van der Waals surface area contributed by atoms with E-state index in [-0.39, 0.29) is 29.0 Å². The molecule has 0 radical (unpaired) electrons. The maximum Gasteiger partial charge on any atom is 0.257 e. The van der Waals surface area contributed by atoms with Gasteiger partial charge in [0.05, 0.1) is 11.8 Å². The third kappa shape index (κ3) is 2.42. The number of pyridine rings is 1. The van der Waals surface area contributed by atoms with Gasteiger partial charge in [-0.1, -0.05) is 0 Å². The summed E-state index contributed by atoms with van der Waals surface area (Å²) in [6.45, 7) is 0.961. The smallest absolute Gasteiger partial charge is 0.257 e. The van der Waals surface area contributed by atoms with E-state index in [4.69, 9.17) is 5.73 Å². The minimum atomic E-state index is -0.311. The zero-order chi connectivity index (χ0) is 13.1. The highest BCUT2D eigenvalue weighted by Gasteiger charge is 2.27. The summed E-state index contributed by atoms with van der Waals surface area (Å²) in [6, 6.07) is 1.48. The van der Waals surface area contributed by atoms with Crippen molar-refractivity contribution in [2.24, 2.45) is 11.7 Å². The molecule has 18 heavy (non-hydrogen) atoms. The van der Waals surface area contributed by atoms with Gasteiger partial charge in [0, 0.05) is 25.2 Å². The van der Waals surface area contributed by atoms with Gasteiger partial charge in [-0.25, -0.2) is 0 Å². The molecule has 6 nitrogen and oxygen atoms in total. The molecule has 0 unspecified atom stereocenters. The molecular formula is C12H15N3O3. The van der Waals surface area contributed by atoms with Gasteiger partial charge >= 0.3 is 0 Å². The number of piperidine rings is 1. The molecule has 6 heteroatoms. The van der Waals surface area contributed by atoms with E-state index in [0.717, 1.165) is 0 Å². The molecule has 0 bridgehead atoms. The normalized spacial score (nSPS) is 16.6. The Balaban J connectivity index is 2.04. The lowest BCUT2D eigenvalue weighted by Gasteiger charge is -2.30. The molecule has 0 spiro atoms. The Morgan fingerprint density at radius 2 is 2.06 bits per heavy atom. The van der Waals surface area contributed by atoms with Crippen LogP contribution in [0.1, 0.15) is 23.2 Å². The van der Waals surface area contributed by atoms with Crippen LogP contribution in [-0.4, -0.2) is 39.9 Å². The largest absolute Gasteiger partial charge is 0.505 e. The fourth-order valence-corrected chi connectivity index (χ4v) is 2.10. The molecule has 1 aromatic rings. The van der Waals surface area contributed by atoms with Crippen LogP contribution in [0.4, 0.5) is 0 Å². The first-order valence-electron chi connectivity index (χ1n) is 5.81. The molecule has 1 aromatic heterocycles. The predicted octanol–water partition coefficient (Wildman–Crippen LogP) is 0.125. The van der Waals surface area contributed by atoms with E-state index in [1.807, 2.05) is 0 Å². The van der Waals surface area contributed by atoms with Crippen molar-refractivity contribution in [3.05, 3.63) is 24.0 Å². The first-order valence-corrected chi connectivity index (χ1v) is 5.81. The number of primary amides is 1. The van der Waals surface area contributed by atoms with Gasteiger partial charge in [-0.05, 0) is 18.9 Å². The second-order valence-corrected chi connectivity index (χ2v) is 4.36. The van der Waals surface area contributed by atoms with Gasteiger partial charge in [-0.15, -0.1) is 0 Å². The van der Waals surface area contributed by atoms with Crippen LogP contribution in [0.25, 0.3) is 0 Å². The average molecular weight is 249 g/mol. The Labute approximate surface area is 104 Å². The molecule has 1 aliphatic rings. The fraction of sp³-hybridized carbons (Fsp3) is 0.417. The maximum atomic E-state index is 12.1. The molecule has 3 N–H and O–H groups in total. The summed E-state index contributed by atoms with van der Waals surface area (Å²) >= 11 is 0. The Kier molecular flexibility index (Phi) is 3.45. The lowest BCUT2D eigenvalue weighted by atomic mass is 9.96. The van der Waals surface area contributed by atoms with Gasteiger partial charge in [0.25, 0.3) is 5.91 Å². The van der Waals surface area contributed by atoms with Gasteiger partial charge in [0.15, 0.2) is 0 Å². The maximum absolute atomic E-state index is 12.1. The van der Waals surface area contributed by atoms with Crippen LogP contribution >= 0.6 is 0 Å². The number of amides is 2. The summed E-state index contributed by atoms with van der Waals surface area (Å²) < 4.78 is 0. The van der Waals surface area contributed by atoms with Crippen molar-refractivity contribution < 1.29 is 14.7 Å². The third-order valence-corrected chi connectivity index (χ3v) is 3.21. The molecule has 0 aromatic carbocycles. The highest BCUT2D eigenvalue weighted by molar-refractivity contribution is 5.96. The molecular weight excluding hydrogens is 234 g/mol. The number of carbonyl (C=O) groups is 2. The molecule has 0 atom stereocenters. The number of rotatable bonds is 2. The van der Waals surface area contributed by atoms with E-state index in [0.29, 0.717) is 25.9 Å². The summed E-state index contributed by atoms with van der Waals surface area (Å²) in [6.07, 6.45) is 3.85. The summed E-state index contributed by atoms with van der Waals surface area (Å²) in [7, 11) is 0. The van der Waals surface area contributed by atoms with Crippen molar-refractivity contribution in [1.82, 2.24) is 9.88 Å². The second kappa shape index (κ2) is 5.03. The number of aromatic hydroxyl groups is 1. The van der Waals surface area contributed by atoms with Crippen molar-refractivity contribution in [1.29, 1.82) is 0 Å². The molecule has 0 saturated carbocycles. The van der Waals surface area contributed by atoms with E-state index >= 15 is 0 Å². The van der Waals surface area contributed by atoms with Crippen LogP contribution in [0, 0.1) is 5.92 Å². The van der Waals surface area contributed by atoms with E-state index < -0.39 is 0 Å². The first-order chi connectivity index (χ1) is 8.59. The molecule has 2 amide bonds. The van der Waals surface area contributed by atoms with Crippen molar-refractivity contribution in [3.8, 4) is 5.75 Å². The van der Waals surface area contributed by atoms with Gasteiger partial charge in [0.1, 0.15) is 5.75 Å². The van der Waals surface area contributed by atoms with Crippen LogP contribution in [0.2, 0.25) is 0 Å². The Hall–Kier alpha value is -2.11. The molecule has 96 valence electrons. The number of nitrogens with two attached hydrogens (primary N) is 1. The summed E-state index contributed by atoms with van der Waals surface area (Å²) in [5, 5.41) is 9.57. The molecule has 1 saturated heterocycles. The van der Waals surface area contributed by atoms with Crippen LogP contribution in [0.15, 0.2) is 18.5 Å². The van der Waals surface area contributed by atoms with Crippen LogP contribution in [-0.2, 0) is 4.79 Å². The zero-order valence-corrected chi connectivity index (χ0v) is 9.87. The molecule has 1 aliphatic heterocycles. The Morgan fingerprint density at radius 3 is 2.61 bits per heavy atom. The number of likely N-dealkylation sites (tertiary alicyclic amines) is 1. The standard InChI is InChI=1S/C12H15N3O3/c13-11(17)8-2-5-15(6-3-8)12(18)9-1-4-14-7-10(9)16/h1,4,7-8,16H,2-3,5-6H2,(H2,13,17). The highest BCUT2D eigenvalue weighted by Crippen LogP contribution is 2.21. The minimum absolute atomic E-state index is 0.125. The number of carbonyl (C=O) groups excluding carboxylic acids is 2. The summed E-state index contributed by atoms with van der Waals surface area (Å²) in [5.41, 5.74) is 5.47. The van der Waals surface area contributed by atoms with E-state index in [9.17, 15) is 14.7 Å². The lowest BCUT2D eigenvalue weighted by Crippen LogP contribution is -2.41. The average Bonchev–Trinajstić information content (AvgIpc) is 2.38. The number of aromatic nitrogens is 1. The predicted molar refractivity (Wildman–Crippen MR) is 63.7 cm³/mol. The van der Waals surface area contributed by atoms with Gasteiger partial charge in [-0.2, -0.15) is 0 Å². The highest BCUT2D eigenvalue weighted by atomic mass is 16.3. The van der Waals surface area contributed by atoms with Gasteiger partial charge in [0.2, 0.25) is 5.91 Å². The monoisotopic (exact) mass is 249 g/mol. The Morgan fingerprint density at radius 1 is 1.39 bits per heavy atom.